The highest BCUT2D eigenvalue weighted by molar-refractivity contribution is 5.71. The first kappa shape index (κ1) is 63.4. The van der Waals surface area contributed by atoms with Crippen LogP contribution in [0.15, 0.2) is 0 Å². The van der Waals surface area contributed by atoms with E-state index in [-0.39, 0.29) is 31.1 Å². The lowest BCUT2D eigenvalue weighted by atomic mass is 10.00. The van der Waals surface area contributed by atoms with Gasteiger partial charge in [-0.05, 0) is 31.1 Å². The summed E-state index contributed by atoms with van der Waals surface area (Å²) < 4.78 is 16.9. The van der Waals surface area contributed by atoms with E-state index in [4.69, 9.17) is 14.2 Å². The van der Waals surface area contributed by atoms with Crippen LogP contribution in [0, 0.1) is 11.8 Å². The molecule has 1 unspecified atom stereocenters. The molecule has 0 aliphatic rings. The van der Waals surface area contributed by atoms with Gasteiger partial charge in [0.15, 0.2) is 6.10 Å². The van der Waals surface area contributed by atoms with E-state index in [1.807, 2.05) is 0 Å². The first-order valence-corrected chi connectivity index (χ1v) is 29.3. The zero-order valence-corrected chi connectivity index (χ0v) is 44.6. The van der Waals surface area contributed by atoms with E-state index in [0.717, 1.165) is 69.6 Å². The first-order valence-electron chi connectivity index (χ1n) is 29.3. The maximum absolute atomic E-state index is 12.8. The monoisotopic (exact) mass is 919 g/mol. The largest absolute Gasteiger partial charge is 0.462 e. The number of ether oxygens (including phenoxy) is 3. The second-order valence-electron chi connectivity index (χ2n) is 21.0. The average molecular weight is 920 g/mol. The summed E-state index contributed by atoms with van der Waals surface area (Å²) in [4.78, 5) is 38.1. The van der Waals surface area contributed by atoms with Gasteiger partial charge in [-0.15, -0.1) is 0 Å². The SMILES string of the molecule is CCCCCCCCCCCCCCCCCCC(=O)O[C@@H](COC(=O)CCCCCCCCCCCCCCCCCCCCC(C)C)COC(=O)CCCCCCCCC(C)CC. The zero-order chi connectivity index (χ0) is 47.5. The molecule has 0 aromatic rings. The number of hydrogen-bond donors (Lipinski definition) is 0. The van der Waals surface area contributed by atoms with Crippen molar-refractivity contribution in [1.29, 1.82) is 0 Å². The summed E-state index contributed by atoms with van der Waals surface area (Å²) >= 11 is 0. The standard InChI is InChI=1S/C59H114O6/c1-6-8-9-10-11-12-13-14-15-21-25-28-31-34-41-46-51-59(62)65-56(53-64-58(61)50-45-40-36-35-38-43-48-55(5)7-2)52-63-57(60)49-44-39-33-30-27-24-22-19-17-16-18-20-23-26-29-32-37-42-47-54(3)4/h54-56H,6-53H2,1-5H3/t55?,56-/m0/s1. The molecule has 0 bridgehead atoms. The van der Waals surface area contributed by atoms with E-state index in [1.165, 1.54) is 218 Å². The summed E-state index contributed by atoms with van der Waals surface area (Å²) in [6.07, 6.45) is 55.3. The van der Waals surface area contributed by atoms with E-state index >= 15 is 0 Å². The molecule has 2 atom stereocenters. The lowest BCUT2D eigenvalue weighted by Crippen LogP contribution is -2.30. The fraction of sp³-hybridized carbons (Fsp3) is 0.949. The molecule has 0 radical (unpaired) electrons. The third-order valence-corrected chi connectivity index (χ3v) is 13.8. The molecule has 0 aliphatic heterocycles. The van der Waals surface area contributed by atoms with E-state index in [1.54, 1.807) is 0 Å². The molecule has 0 saturated carbocycles. The average Bonchev–Trinajstić information content (AvgIpc) is 3.29. The lowest BCUT2D eigenvalue weighted by molar-refractivity contribution is -0.167. The molecule has 0 amide bonds. The fourth-order valence-corrected chi connectivity index (χ4v) is 9.02. The minimum Gasteiger partial charge on any atom is -0.462 e. The highest BCUT2D eigenvalue weighted by Crippen LogP contribution is 2.19. The van der Waals surface area contributed by atoms with Crippen LogP contribution in [0.25, 0.3) is 0 Å². The van der Waals surface area contributed by atoms with Crippen molar-refractivity contribution in [2.45, 2.75) is 336 Å². The van der Waals surface area contributed by atoms with Crippen LogP contribution < -0.4 is 0 Å². The molecular weight excluding hydrogens is 805 g/mol. The number of carbonyl (C=O) groups is 3. The third-order valence-electron chi connectivity index (χ3n) is 13.8. The van der Waals surface area contributed by atoms with Crippen molar-refractivity contribution in [3.63, 3.8) is 0 Å². The summed E-state index contributed by atoms with van der Waals surface area (Å²) in [6.45, 7) is 11.4. The second kappa shape index (κ2) is 51.8. The van der Waals surface area contributed by atoms with Gasteiger partial charge in [0.1, 0.15) is 13.2 Å². The quantitative estimate of drug-likeness (QED) is 0.0344. The summed E-state index contributed by atoms with van der Waals surface area (Å²) in [5.41, 5.74) is 0. The highest BCUT2D eigenvalue weighted by Gasteiger charge is 2.19. The summed E-state index contributed by atoms with van der Waals surface area (Å²) in [7, 11) is 0. The number of unbranched alkanes of at least 4 members (excludes halogenated alkanes) is 37. The molecule has 0 aliphatic carbocycles. The number of rotatable bonds is 53. The van der Waals surface area contributed by atoms with Crippen LogP contribution in [-0.2, 0) is 28.6 Å². The molecule has 0 aromatic carbocycles. The van der Waals surface area contributed by atoms with Crippen LogP contribution in [0.1, 0.15) is 330 Å². The van der Waals surface area contributed by atoms with Gasteiger partial charge < -0.3 is 14.2 Å². The van der Waals surface area contributed by atoms with Gasteiger partial charge in [0.05, 0.1) is 0 Å². The van der Waals surface area contributed by atoms with Crippen LogP contribution in [-0.4, -0.2) is 37.2 Å². The van der Waals surface area contributed by atoms with Gasteiger partial charge >= 0.3 is 17.9 Å². The molecule has 0 saturated heterocycles. The highest BCUT2D eigenvalue weighted by atomic mass is 16.6. The smallest absolute Gasteiger partial charge is 0.306 e. The van der Waals surface area contributed by atoms with E-state index in [0.29, 0.717) is 19.3 Å². The summed E-state index contributed by atoms with van der Waals surface area (Å²) in [6, 6.07) is 0. The first-order chi connectivity index (χ1) is 31.8. The van der Waals surface area contributed by atoms with Crippen molar-refractivity contribution in [3.8, 4) is 0 Å². The fourth-order valence-electron chi connectivity index (χ4n) is 9.02. The van der Waals surface area contributed by atoms with Gasteiger partial charge in [-0.3, -0.25) is 14.4 Å². The molecule has 6 heteroatoms. The Morgan fingerprint density at radius 1 is 0.323 bits per heavy atom. The molecule has 0 aromatic heterocycles. The lowest BCUT2D eigenvalue weighted by Gasteiger charge is -2.18. The van der Waals surface area contributed by atoms with Crippen molar-refractivity contribution in [2.75, 3.05) is 13.2 Å². The minimum absolute atomic E-state index is 0.0634. The number of hydrogen-bond acceptors (Lipinski definition) is 6. The summed E-state index contributed by atoms with van der Waals surface area (Å²) in [5, 5.41) is 0. The van der Waals surface area contributed by atoms with Crippen LogP contribution in [0.4, 0.5) is 0 Å². The molecule has 65 heavy (non-hydrogen) atoms. The molecule has 0 fully saturated rings. The normalized spacial score (nSPS) is 12.5. The Kier molecular flexibility index (Phi) is 50.5. The Balaban J connectivity index is 4.21. The molecule has 0 N–H and O–H groups in total. The van der Waals surface area contributed by atoms with Gasteiger partial charge in [-0.1, -0.05) is 291 Å². The van der Waals surface area contributed by atoms with E-state index < -0.39 is 6.10 Å². The Bertz CT molecular complexity index is 995. The zero-order valence-electron chi connectivity index (χ0n) is 44.6. The second-order valence-corrected chi connectivity index (χ2v) is 21.0. The van der Waals surface area contributed by atoms with Crippen LogP contribution in [0.3, 0.4) is 0 Å². The Morgan fingerprint density at radius 3 is 0.877 bits per heavy atom. The molecule has 6 nitrogen and oxygen atoms in total. The molecule has 386 valence electrons. The number of carbonyl (C=O) groups excluding carboxylic acids is 3. The Labute approximate surface area is 406 Å². The van der Waals surface area contributed by atoms with Crippen LogP contribution >= 0.6 is 0 Å². The van der Waals surface area contributed by atoms with Crippen molar-refractivity contribution >= 4 is 17.9 Å². The van der Waals surface area contributed by atoms with Gasteiger partial charge in [0.25, 0.3) is 0 Å². The van der Waals surface area contributed by atoms with Gasteiger partial charge in [-0.2, -0.15) is 0 Å². The van der Waals surface area contributed by atoms with Crippen molar-refractivity contribution < 1.29 is 28.6 Å². The van der Waals surface area contributed by atoms with Gasteiger partial charge in [-0.25, -0.2) is 0 Å². The molecule has 0 rings (SSSR count). The van der Waals surface area contributed by atoms with Crippen molar-refractivity contribution in [1.82, 2.24) is 0 Å². The van der Waals surface area contributed by atoms with Crippen LogP contribution in [0.5, 0.6) is 0 Å². The topological polar surface area (TPSA) is 78.9 Å². The molecular formula is C59H114O6. The number of esters is 3. The van der Waals surface area contributed by atoms with Crippen molar-refractivity contribution in [2.24, 2.45) is 11.8 Å². The predicted octanol–water partition coefficient (Wildman–Crippen LogP) is 19.3. The third kappa shape index (κ3) is 51.6. The molecule has 0 heterocycles. The Hall–Kier alpha value is -1.59. The predicted molar refractivity (Wildman–Crippen MR) is 280 cm³/mol. The summed E-state index contributed by atoms with van der Waals surface area (Å²) in [5.74, 6) is 0.831. The van der Waals surface area contributed by atoms with E-state index in [9.17, 15) is 14.4 Å². The maximum Gasteiger partial charge on any atom is 0.306 e. The maximum atomic E-state index is 12.8. The van der Waals surface area contributed by atoms with Crippen LogP contribution in [0.2, 0.25) is 0 Å². The van der Waals surface area contributed by atoms with Crippen molar-refractivity contribution in [3.05, 3.63) is 0 Å². The molecule has 0 spiro atoms. The minimum atomic E-state index is -0.763. The van der Waals surface area contributed by atoms with Gasteiger partial charge in [0.2, 0.25) is 0 Å². The van der Waals surface area contributed by atoms with E-state index in [2.05, 4.69) is 34.6 Å². The Morgan fingerprint density at radius 2 is 0.585 bits per heavy atom. The van der Waals surface area contributed by atoms with Gasteiger partial charge in [0, 0.05) is 19.3 Å².